The number of nitrogens with zero attached hydrogens (tertiary/aromatic N) is 1. The molecule has 1 aliphatic rings. The standard InChI is InChI=1S/C25H25N3O4S/c1-32-21-10-8-20(9-11-21)28-16-18(14-24(28)30)25(31)27-19-6-4-17(5-7-19)13-23(29)26-15-22-3-2-12-33-22/h2-12,18H,13-16H2,1H3,(H,26,29)(H,27,31)/t18-/m0/s1. The zero-order valence-corrected chi connectivity index (χ0v) is 19.1. The number of nitrogens with one attached hydrogen (secondary N) is 2. The van der Waals surface area contributed by atoms with Crippen LogP contribution in [-0.2, 0) is 27.3 Å². The van der Waals surface area contributed by atoms with Crippen LogP contribution in [0.3, 0.4) is 0 Å². The second kappa shape index (κ2) is 10.3. The van der Waals surface area contributed by atoms with Crippen LogP contribution in [0.25, 0.3) is 0 Å². The maximum absolute atomic E-state index is 12.7. The van der Waals surface area contributed by atoms with Crippen molar-refractivity contribution in [3.63, 3.8) is 0 Å². The third-order valence-corrected chi connectivity index (χ3v) is 6.38. The van der Waals surface area contributed by atoms with Crippen molar-refractivity contribution in [2.45, 2.75) is 19.4 Å². The number of amides is 3. The van der Waals surface area contributed by atoms with E-state index in [-0.39, 0.29) is 30.6 Å². The summed E-state index contributed by atoms with van der Waals surface area (Å²) >= 11 is 1.61. The summed E-state index contributed by atoms with van der Waals surface area (Å²) in [5.74, 6) is -0.0428. The van der Waals surface area contributed by atoms with E-state index < -0.39 is 5.92 Å². The molecule has 1 aliphatic heterocycles. The third-order valence-electron chi connectivity index (χ3n) is 5.51. The number of methoxy groups -OCH3 is 1. The fraction of sp³-hybridized carbons (Fsp3) is 0.240. The van der Waals surface area contributed by atoms with Gasteiger partial charge in [0.1, 0.15) is 5.75 Å². The monoisotopic (exact) mass is 463 g/mol. The minimum absolute atomic E-state index is 0.0525. The molecule has 0 radical (unpaired) electrons. The number of rotatable bonds is 8. The van der Waals surface area contributed by atoms with Crippen molar-refractivity contribution < 1.29 is 19.1 Å². The van der Waals surface area contributed by atoms with E-state index in [1.54, 1.807) is 47.6 Å². The summed E-state index contributed by atoms with van der Waals surface area (Å²) < 4.78 is 5.15. The Hall–Kier alpha value is -3.65. The molecule has 170 valence electrons. The molecule has 1 fully saturated rings. The van der Waals surface area contributed by atoms with Crippen LogP contribution in [0.15, 0.2) is 66.0 Å². The number of carbonyl (C=O) groups is 3. The van der Waals surface area contributed by atoms with E-state index in [2.05, 4.69) is 10.6 Å². The van der Waals surface area contributed by atoms with Crippen molar-refractivity contribution in [3.05, 3.63) is 76.5 Å². The predicted molar refractivity (Wildman–Crippen MR) is 128 cm³/mol. The fourth-order valence-corrected chi connectivity index (χ4v) is 4.34. The Morgan fingerprint density at radius 2 is 1.85 bits per heavy atom. The second-order valence-electron chi connectivity index (χ2n) is 7.82. The first kappa shape index (κ1) is 22.5. The van der Waals surface area contributed by atoms with Gasteiger partial charge in [0.15, 0.2) is 0 Å². The summed E-state index contributed by atoms with van der Waals surface area (Å²) in [6, 6.07) is 18.3. The van der Waals surface area contributed by atoms with E-state index in [0.29, 0.717) is 24.5 Å². The Morgan fingerprint density at radius 3 is 2.52 bits per heavy atom. The normalized spacial score (nSPS) is 15.4. The molecular formula is C25H25N3O4S. The summed E-state index contributed by atoms with van der Waals surface area (Å²) in [5, 5.41) is 7.76. The van der Waals surface area contributed by atoms with Crippen LogP contribution in [0.4, 0.5) is 11.4 Å². The van der Waals surface area contributed by atoms with Gasteiger partial charge in [-0.3, -0.25) is 14.4 Å². The van der Waals surface area contributed by atoms with E-state index in [4.69, 9.17) is 4.74 Å². The molecule has 33 heavy (non-hydrogen) atoms. The average molecular weight is 464 g/mol. The van der Waals surface area contributed by atoms with Crippen molar-refractivity contribution in [1.82, 2.24) is 5.32 Å². The van der Waals surface area contributed by atoms with Crippen molar-refractivity contribution in [3.8, 4) is 5.75 Å². The molecule has 3 aromatic rings. The first-order valence-electron chi connectivity index (χ1n) is 10.6. The Balaban J connectivity index is 1.28. The van der Waals surface area contributed by atoms with E-state index >= 15 is 0 Å². The lowest BCUT2D eigenvalue weighted by Crippen LogP contribution is -2.28. The minimum atomic E-state index is -0.428. The molecule has 1 aromatic heterocycles. The average Bonchev–Trinajstić information content (AvgIpc) is 3.49. The predicted octanol–water partition coefficient (Wildman–Crippen LogP) is 3.61. The van der Waals surface area contributed by atoms with E-state index in [1.807, 2.05) is 41.8 Å². The van der Waals surface area contributed by atoms with Gasteiger partial charge >= 0.3 is 0 Å². The summed E-state index contributed by atoms with van der Waals surface area (Å²) in [6.45, 7) is 0.859. The van der Waals surface area contributed by atoms with Crippen LogP contribution in [0.5, 0.6) is 5.75 Å². The Bertz CT molecular complexity index is 1110. The number of hydrogen-bond donors (Lipinski definition) is 2. The second-order valence-corrected chi connectivity index (χ2v) is 8.85. The number of hydrogen-bond acceptors (Lipinski definition) is 5. The quantitative estimate of drug-likeness (QED) is 0.534. The van der Waals surface area contributed by atoms with Crippen LogP contribution in [0, 0.1) is 5.92 Å². The number of anilines is 2. The van der Waals surface area contributed by atoms with Gasteiger partial charge in [-0.1, -0.05) is 18.2 Å². The summed E-state index contributed by atoms with van der Waals surface area (Å²) in [4.78, 5) is 40.0. The van der Waals surface area contributed by atoms with Crippen LogP contribution in [0.2, 0.25) is 0 Å². The lowest BCUT2D eigenvalue weighted by Gasteiger charge is -2.17. The summed E-state index contributed by atoms with van der Waals surface area (Å²) in [5.41, 5.74) is 2.24. The molecule has 0 aliphatic carbocycles. The highest BCUT2D eigenvalue weighted by molar-refractivity contribution is 7.09. The summed E-state index contributed by atoms with van der Waals surface area (Å²) in [7, 11) is 1.59. The SMILES string of the molecule is COc1ccc(N2C[C@@H](C(=O)Nc3ccc(CC(=O)NCc4cccs4)cc3)CC2=O)cc1. The van der Waals surface area contributed by atoms with Crippen LogP contribution < -0.4 is 20.3 Å². The topological polar surface area (TPSA) is 87.7 Å². The Labute approximate surface area is 196 Å². The molecule has 2 heterocycles. The molecule has 0 bridgehead atoms. The molecule has 2 aromatic carbocycles. The van der Waals surface area contributed by atoms with Crippen molar-refractivity contribution in [2.24, 2.45) is 5.92 Å². The molecule has 4 rings (SSSR count). The molecular weight excluding hydrogens is 438 g/mol. The molecule has 8 heteroatoms. The van der Waals surface area contributed by atoms with E-state index in [1.165, 1.54) is 0 Å². The van der Waals surface area contributed by atoms with Crippen molar-refractivity contribution in [1.29, 1.82) is 0 Å². The lowest BCUT2D eigenvalue weighted by atomic mass is 10.1. The highest BCUT2D eigenvalue weighted by Gasteiger charge is 2.35. The maximum Gasteiger partial charge on any atom is 0.229 e. The fourth-order valence-electron chi connectivity index (χ4n) is 3.69. The molecule has 0 saturated carbocycles. The highest BCUT2D eigenvalue weighted by Crippen LogP contribution is 2.27. The Kier molecular flexibility index (Phi) is 7.04. The van der Waals surface area contributed by atoms with Gasteiger partial charge in [-0.05, 0) is 53.4 Å². The van der Waals surface area contributed by atoms with Gasteiger partial charge in [-0.2, -0.15) is 0 Å². The minimum Gasteiger partial charge on any atom is -0.497 e. The summed E-state index contributed by atoms with van der Waals surface area (Å²) in [6.07, 6.45) is 0.438. The smallest absolute Gasteiger partial charge is 0.229 e. The number of thiophene rings is 1. The molecule has 0 unspecified atom stereocenters. The first-order chi connectivity index (χ1) is 16.0. The number of carbonyl (C=O) groups excluding carboxylic acids is 3. The van der Waals surface area contributed by atoms with Gasteiger partial charge in [-0.25, -0.2) is 0 Å². The molecule has 3 amide bonds. The lowest BCUT2D eigenvalue weighted by molar-refractivity contribution is -0.122. The maximum atomic E-state index is 12.7. The van der Waals surface area contributed by atoms with E-state index in [9.17, 15) is 14.4 Å². The highest BCUT2D eigenvalue weighted by atomic mass is 32.1. The van der Waals surface area contributed by atoms with Gasteiger partial charge in [0.25, 0.3) is 0 Å². The first-order valence-corrected chi connectivity index (χ1v) is 11.5. The third kappa shape index (κ3) is 5.78. The molecule has 0 spiro atoms. The van der Waals surface area contributed by atoms with Crippen LogP contribution in [0.1, 0.15) is 16.9 Å². The van der Waals surface area contributed by atoms with Gasteiger partial charge in [0.05, 0.1) is 26.0 Å². The van der Waals surface area contributed by atoms with Gasteiger partial charge in [0, 0.05) is 29.2 Å². The number of benzene rings is 2. The molecule has 7 nitrogen and oxygen atoms in total. The Morgan fingerprint density at radius 1 is 1.09 bits per heavy atom. The largest absolute Gasteiger partial charge is 0.497 e. The van der Waals surface area contributed by atoms with Crippen LogP contribution >= 0.6 is 11.3 Å². The van der Waals surface area contributed by atoms with Gasteiger partial charge < -0.3 is 20.3 Å². The number of ether oxygens (including phenoxy) is 1. The van der Waals surface area contributed by atoms with Crippen molar-refractivity contribution in [2.75, 3.05) is 23.9 Å². The molecule has 1 atom stereocenters. The van der Waals surface area contributed by atoms with Gasteiger partial charge in [-0.15, -0.1) is 11.3 Å². The zero-order chi connectivity index (χ0) is 23.2. The van der Waals surface area contributed by atoms with E-state index in [0.717, 1.165) is 16.1 Å². The zero-order valence-electron chi connectivity index (χ0n) is 18.2. The molecule has 1 saturated heterocycles. The van der Waals surface area contributed by atoms with Gasteiger partial charge in [0.2, 0.25) is 17.7 Å². The van der Waals surface area contributed by atoms with Crippen LogP contribution in [-0.4, -0.2) is 31.4 Å². The molecule has 2 N–H and O–H groups in total. The van der Waals surface area contributed by atoms with Crippen molar-refractivity contribution >= 4 is 40.4 Å².